The Bertz CT molecular complexity index is 966. The van der Waals surface area contributed by atoms with Crippen LogP contribution in [-0.2, 0) is 16.0 Å². The van der Waals surface area contributed by atoms with Crippen molar-refractivity contribution in [3.8, 4) is 0 Å². The molecule has 2 heterocycles. The molecule has 1 fully saturated rings. The highest BCUT2D eigenvalue weighted by atomic mass is 35.5. The lowest BCUT2D eigenvalue weighted by atomic mass is 9.85. The zero-order valence-electron chi connectivity index (χ0n) is 15.1. The lowest BCUT2D eigenvalue weighted by Gasteiger charge is -2.35. The maximum absolute atomic E-state index is 14.5. The topological polar surface area (TPSA) is 21.3 Å². The predicted octanol–water partition coefficient (Wildman–Crippen LogP) is 7.06. The molecule has 1 N–H and O–H groups in total. The molecule has 0 spiro atoms. The highest BCUT2D eigenvalue weighted by Crippen LogP contribution is 2.53. The van der Waals surface area contributed by atoms with Gasteiger partial charge in [-0.15, -0.1) is 12.4 Å². The molecule has 0 saturated carbocycles. The number of hydrogen-bond donors (Lipinski definition) is 1. The van der Waals surface area contributed by atoms with Gasteiger partial charge in [-0.05, 0) is 28.8 Å². The summed E-state index contributed by atoms with van der Waals surface area (Å²) in [5.74, 6) is 0. The van der Waals surface area contributed by atoms with Gasteiger partial charge in [0.2, 0.25) is 5.60 Å². The molecule has 0 bridgehead atoms. The van der Waals surface area contributed by atoms with Crippen molar-refractivity contribution < 1.29 is 22.3 Å². The van der Waals surface area contributed by atoms with Crippen molar-refractivity contribution in [2.45, 2.75) is 23.9 Å². The van der Waals surface area contributed by atoms with Crippen LogP contribution in [0.25, 0.3) is 5.57 Å². The lowest BCUT2D eigenvalue weighted by molar-refractivity contribution is -0.260. The van der Waals surface area contributed by atoms with Crippen LogP contribution in [0.1, 0.15) is 23.1 Å². The van der Waals surface area contributed by atoms with Crippen LogP contribution in [0.15, 0.2) is 42.7 Å². The summed E-state index contributed by atoms with van der Waals surface area (Å²) in [6.07, 6.45) is -4.15. The average molecular weight is 503 g/mol. The summed E-state index contributed by atoms with van der Waals surface area (Å²) in [4.78, 5) is 0. The van der Waals surface area contributed by atoms with Crippen molar-refractivity contribution in [2.75, 3.05) is 13.1 Å². The van der Waals surface area contributed by atoms with Crippen LogP contribution >= 0.6 is 47.2 Å². The SMILES string of the molecule is Cl.FC1(c2ccc(C3=COC(c4cc(Cl)c(Cl)c(Cl)c4)(C(F)(F)F)C3)cc2)CNC1. The molecular weight excluding hydrogens is 488 g/mol. The summed E-state index contributed by atoms with van der Waals surface area (Å²) in [6, 6.07) is 8.58. The van der Waals surface area contributed by atoms with E-state index in [9.17, 15) is 17.6 Å². The number of benzene rings is 2. The van der Waals surface area contributed by atoms with E-state index in [1.54, 1.807) is 24.3 Å². The third kappa shape index (κ3) is 3.78. The molecule has 2 aliphatic heterocycles. The zero-order valence-corrected chi connectivity index (χ0v) is 18.2. The average Bonchev–Trinajstić information content (AvgIpc) is 3.11. The second-order valence-corrected chi connectivity index (χ2v) is 8.35. The summed E-state index contributed by atoms with van der Waals surface area (Å²) in [5, 5.41) is 2.65. The Kier molecular flexibility index (Phi) is 6.31. The van der Waals surface area contributed by atoms with Crippen LogP contribution < -0.4 is 5.32 Å². The molecule has 2 aliphatic rings. The smallest absolute Gasteiger partial charge is 0.432 e. The summed E-state index contributed by atoms with van der Waals surface area (Å²) in [6.45, 7) is 0.431. The van der Waals surface area contributed by atoms with Crippen molar-refractivity contribution in [2.24, 2.45) is 0 Å². The molecule has 2 aromatic carbocycles. The molecule has 162 valence electrons. The van der Waals surface area contributed by atoms with Crippen LogP contribution in [0.3, 0.4) is 0 Å². The minimum Gasteiger partial charge on any atom is -0.480 e. The molecule has 1 unspecified atom stereocenters. The van der Waals surface area contributed by atoms with E-state index < -0.39 is 23.9 Å². The van der Waals surface area contributed by atoms with Crippen molar-refractivity contribution in [3.05, 3.63) is 74.4 Å². The van der Waals surface area contributed by atoms with Gasteiger partial charge < -0.3 is 10.1 Å². The molecule has 1 saturated heterocycles. The zero-order chi connectivity index (χ0) is 21.0. The Morgan fingerprint density at radius 1 is 0.933 bits per heavy atom. The van der Waals surface area contributed by atoms with E-state index in [1.807, 2.05) is 0 Å². The first-order valence-electron chi connectivity index (χ1n) is 8.65. The van der Waals surface area contributed by atoms with E-state index in [1.165, 1.54) is 0 Å². The Morgan fingerprint density at radius 3 is 1.97 bits per heavy atom. The van der Waals surface area contributed by atoms with Gasteiger partial charge in [-0.2, -0.15) is 13.2 Å². The van der Waals surface area contributed by atoms with Crippen molar-refractivity contribution in [1.82, 2.24) is 5.32 Å². The fourth-order valence-electron chi connectivity index (χ4n) is 3.51. The molecule has 1 atom stereocenters. The summed E-state index contributed by atoms with van der Waals surface area (Å²) in [5.41, 5.74) is -2.99. The summed E-state index contributed by atoms with van der Waals surface area (Å²) >= 11 is 17.8. The summed E-state index contributed by atoms with van der Waals surface area (Å²) < 4.78 is 62.0. The third-order valence-corrected chi connectivity index (χ3v) is 6.53. The van der Waals surface area contributed by atoms with Gasteiger partial charge in [-0.1, -0.05) is 59.1 Å². The van der Waals surface area contributed by atoms with Crippen LogP contribution in [0, 0.1) is 0 Å². The van der Waals surface area contributed by atoms with Gasteiger partial charge in [-0.25, -0.2) is 4.39 Å². The molecule has 0 aliphatic carbocycles. The minimum atomic E-state index is -4.74. The largest absolute Gasteiger partial charge is 0.480 e. The molecule has 0 amide bonds. The molecule has 2 aromatic rings. The van der Waals surface area contributed by atoms with Gasteiger partial charge in [-0.3, -0.25) is 0 Å². The summed E-state index contributed by atoms with van der Waals surface area (Å²) in [7, 11) is 0. The minimum absolute atomic E-state index is 0. The maximum Gasteiger partial charge on any atom is 0.432 e. The highest BCUT2D eigenvalue weighted by Gasteiger charge is 2.60. The van der Waals surface area contributed by atoms with Crippen molar-refractivity contribution in [1.29, 1.82) is 0 Å². The number of hydrogen-bond acceptors (Lipinski definition) is 2. The quantitative estimate of drug-likeness (QED) is 0.358. The van der Waals surface area contributed by atoms with Gasteiger partial charge in [0, 0.05) is 25.1 Å². The molecule has 4 rings (SSSR count). The monoisotopic (exact) mass is 501 g/mol. The highest BCUT2D eigenvalue weighted by molar-refractivity contribution is 6.48. The van der Waals surface area contributed by atoms with E-state index in [4.69, 9.17) is 39.5 Å². The molecular formula is C20H15Cl4F4NO. The first-order valence-corrected chi connectivity index (χ1v) is 9.78. The molecule has 0 aromatic heterocycles. The van der Waals surface area contributed by atoms with Gasteiger partial charge in [0.25, 0.3) is 0 Å². The van der Waals surface area contributed by atoms with Gasteiger partial charge >= 0.3 is 6.18 Å². The number of alkyl halides is 4. The fraction of sp³-hybridized carbons (Fsp3) is 0.300. The van der Waals surface area contributed by atoms with Gasteiger partial charge in [0.05, 0.1) is 21.3 Å². The van der Waals surface area contributed by atoms with E-state index in [2.05, 4.69) is 5.32 Å². The van der Waals surface area contributed by atoms with Crippen LogP contribution in [0.4, 0.5) is 17.6 Å². The predicted molar refractivity (Wildman–Crippen MR) is 112 cm³/mol. The van der Waals surface area contributed by atoms with E-state index >= 15 is 0 Å². The van der Waals surface area contributed by atoms with Gasteiger partial charge in [0.15, 0.2) is 5.67 Å². The molecule has 30 heavy (non-hydrogen) atoms. The van der Waals surface area contributed by atoms with Crippen LogP contribution in [-0.4, -0.2) is 19.3 Å². The molecule has 0 radical (unpaired) electrons. The van der Waals surface area contributed by atoms with E-state index in [0.29, 0.717) is 16.7 Å². The van der Waals surface area contributed by atoms with E-state index in [-0.39, 0.29) is 46.1 Å². The Balaban J connectivity index is 0.00000256. The number of rotatable bonds is 3. The maximum atomic E-state index is 14.5. The van der Waals surface area contributed by atoms with Crippen LogP contribution in [0.5, 0.6) is 0 Å². The Labute approximate surface area is 191 Å². The van der Waals surface area contributed by atoms with E-state index in [0.717, 1.165) is 18.4 Å². The third-order valence-electron chi connectivity index (χ3n) is 5.33. The van der Waals surface area contributed by atoms with Crippen LogP contribution in [0.2, 0.25) is 15.1 Å². The fourth-order valence-corrected chi connectivity index (χ4v) is 4.11. The first-order chi connectivity index (χ1) is 13.6. The number of halogens is 8. The van der Waals surface area contributed by atoms with Crippen molar-refractivity contribution in [3.63, 3.8) is 0 Å². The standard InChI is InChI=1S/C20H14Cl3F4NO.ClH/c21-15-5-14(6-16(22)17(15)23)19(20(25,26)27)7-12(8-29-19)11-1-3-13(4-2-11)18(24)9-28-10-18;/h1-6,8,28H,7,9-10H2;1H. The van der Waals surface area contributed by atoms with Gasteiger partial charge in [0.1, 0.15) is 0 Å². The van der Waals surface area contributed by atoms with Crippen molar-refractivity contribution >= 4 is 52.8 Å². The number of ether oxygens (including phenoxy) is 1. The second kappa shape index (κ2) is 8.06. The Hall–Kier alpha value is -1.18. The Morgan fingerprint density at radius 2 is 1.50 bits per heavy atom. The molecule has 2 nitrogen and oxygen atoms in total. The normalized spacial score (nSPS) is 22.6. The second-order valence-electron chi connectivity index (χ2n) is 7.16. The molecule has 10 heteroatoms. The first kappa shape index (κ1) is 23.5. The number of nitrogens with one attached hydrogen (secondary N) is 1. The lowest BCUT2D eigenvalue weighted by Crippen LogP contribution is -2.53.